The van der Waals surface area contributed by atoms with Gasteiger partial charge in [-0.15, -0.1) is 0 Å². The first-order valence-corrected chi connectivity index (χ1v) is 9.53. The topological polar surface area (TPSA) is 72.5 Å². The Bertz CT molecular complexity index is 782. The predicted octanol–water partition coefficient (Wildman–Crippen LogP) is 2.60. The van der Waals surface area contributed by atoms with E-state index in [1.54, 1.807) is 0 Å². The number of ketones is 1. The lowest BCUT2D eigenvalue weighted by Gasteiger charge is -2.43. The van der Waals surface area contributed by atoms with Crippen molar-refractivity contribution in [3.05, 3.63) is 71.8 Å². The van der Waals surface area contributed by atoms with Crippen LogP contribution in [0.25, 0.3) is 0 Å². The quantitative estimate of drug-likeness (QED) is 0.523. The Morgan fingerprint density at radius 3 is 2.45 bits per heavy atom. The van der Waals surface area contributed by atoms with Crippen LogP contribution >= 0.6 is 0 Å². The van der Waals surface area contributed by atoms with E-state index in [0.29, 0.717) is 6.61 Å². The van der Waals surface area contributed by atoms with Crippen molar-refractivity contribution in [3.8, 4) is 0 Å². The molecule has 2 aliphatic rings. The maximum Gasteiger partial charge on any atom is 0.198 e. The molecule has 0 bridgehead atoms. The number of methoxy groups -OCH3 is 1. The first kappa shape index (κ1) is 20.2. The lowest BCUT2D eigenvalue weighted by atomic mass is 9.99. The lowest BCUT2D eigenvalue weighted by molar-refractivity contribution is -0.321. The molecule has 2 heterocycles. The van der Waals surface area contributed by atoms with Crippen LogP contribution in [0.5, 0.6) is 0 Å². The number of fused-ring (bicyclic) bond motifs is 1. The van der Waals surface area contributed by atoms with Gasteiger partial charge in [0.1, 0.15) is 12.9 Å². The van der Waals surface area contributed by atoms with Crippen LogP contribution in [-0.4, -0.2) is 50.9 Å². The summed E-state index contributed by atoms with van der Waals surface area (Å²) in [5.41, 5.74) is 1.86. The Labute approximate surface area is 169 Å². The molecule has 0 aliphatic carbocycles. The number of Topliss-reactive ketones (excluding diaryl/α,β-unsaturated/α-hetero) is 1. The van der Waals surface area contributed by atoms with E-state index in [0.717, 1.165) is 11.1 Å². The van der Waals surface area contributed by atoms with Crippen molar-refractivity contribution in [1.29, 1.82) is 0 Å². The zero-order valence-corrected chi connectivity index (χ0v) is 16.1. The third-order valence-electron chi connectivity index (χ3n) is 4.88. The van der Waals surface area contributed by atoms with Gasteiger partial charge in [0.25, 0.3) is 0 Å². The van der Waals surface area contributed by atoms with Gasteiger partial charge >= 0.3 is 0 Å². The van der Waals surface area contributed by atoms with Gasteiger partial charge in [-0.3, -0.25) is 4.79 Å². The van der Waals surface area contributed by atoms with Crippen molar-refractivity contribution in [2.45, 2.75) is 37.5 Å². The summed E-state index contributed by atoms with van der Waals surface area (Å²) in [6, 6.07) is 19.2. The average Bonchev–Trinajstić information content (AvgIpc) is 2.78. The second-order valence-electron chi connectivity index (χ2n) is 6.85. The first-order valence-electron chi connectivity index (χ1n) is 9.53. The summed E-state index contributed by atoms with van der Waals surface area (Å²) in [4.78, 5) is 13.0. The molecule has 0 amide bonds. The highest BCUT2D eigenvalue weighted by molar-refractivity contribution is 5.89. The highest BCUT2D eigenvalue weighted by atomic mass is 16.8. The number of hydrogen-bond acceptors (Lipinski definition) is 7. The largest absolute Gasteiger partial charge is 0.353 e. The Morgan fingerprint density at radius 2 is 1.72 bits per heavy atom. The molecule has 4 rings (SSSR count). The van der Waals surface area contributed by atoms with Crippen LogP contribution in [0.2, 0.25) is 0 Å². The number of rotatable bonds is 7. The molecule has 0 aromatic heterocycles. The van der Waals surface area contributed by atoms with E-state index in [2.05, 4.69) is 0 Å². The van der Waals surface area contributed by atoms with E-state index in [1.165, 1.54) is 7.11 Å². The zero-order valence-electron chi connectivity index (χ0n) is 16.1. The molecule has 2 aromatic rings. The summed E-state index contributed by atoms with van der Waals surface area (Å²) < 4.78 is 34.0. The minimum Gasteiger partial charge on any atom is -0.353 e. The average molecular weight is 400 g/mol. The molecule has 0 spiro atoms. The van der Waals surface area contributed by atoms with Gasteiger partial charge in [0.05, 0.1) is 13.2 Å². The van der Waals surface area contributed by atoms with Crippen LogP contribution in [0, 0.1) is 0 Å². The number of carbonyl (C=O) groups excluding carboxylic acids is 1. The minimum absolute atomic E-state index is 0.0650. The lowest BCUT2D eigenvalue weighted by Crippen LogP contribution is -2.60. The van der Waals surface area contributed by atoms with Gasteiger partial charge in [0.2, 0.25) is 0 Å². The van der Waals surface area contributed by atoms with Gasteiger partial charge in [-0.1, -0.05) is 60.7 Å². The van der Waals surface area contributed by atoms with E-state index in [-0.39, 0.29) is 19.2 Å². The van der Waals surface area contributed by atoms with Crippen LogP contribution in [0.3, 0.4) is 0 Å². The number of hydrogen-bond donors (Lipinski definition) is 0. The molecule has 154 valence electrons. The maximum atomic E-state index is 13.0. The molecular weight excluding hydrogens is 376 g/mol. The summed E-state index contributed by atoms with van der Waals surface area (Å²) in [5.74, 6) is -0.236. The van der Waals surface area contributed by atoms with Crippen LogP contribution < -0.4 is 0 Å². The van der Waals surface area contributed by atoms with Crippen LogP contribution in [0.15, 0.2) is 60.7 Å². The summed E-state index contributed by atoms with van der Waals surface area (Å²) >= 11 is 0. The molecule has 0 N–H and O–H groups in total. The van der Waals surface area contributed by atoms with Gasteiger partial charge in [-0.2, -0.15) is 0 Å². The van der Waals surface area contributed by atoms with Crippen LogP contribution in [-0.2, 0) is 39.8 Å². The molecule has 2 aromatic carbocycles. The van der Waals surface area contributed by atoms with Crippen molar-refractivity contribution < 1.29 is 33.2 Å². The van der Waals surface area contributed by atoms with Gasteiger partial charge in [0, 0.05) is 12.7 Å². The molecular formula is C22H24O7. The van der Waals surface area contributed by atoms with E-state index in [9.17, 15) is 4.79 Å². The Balaban J connectivity index is 1.36. The molecule has 2 fully saturated rings. The molecule has 7 nitrogen and oxygen atoms in total. The third kappa shape index (κ3) is 4.72. The number of benzene rings is 2. The highest BCUT2D eigenvalue weighted by Crippen LogP contribution is 2.33. The van der Waals surface area contributed by atoms with Gasteiger partial charge in [-0.05, 0) is 5.56 Å². The van der Waals surface area contributed by atoms with E-state index >= 15 is 0 Å². The second-order valence-corrected chi connectivity index (χ2v) is 6.85. The van der Waals surface area contributed by atoms with Crippen molar-refractivity contribution in [1.82, 2.24) is 0 Å². The second kappa shape index (κ2) is 9.58. The van der Waals surface area contributed by atoms with E-state index < -0.39 is 30.9 Å². The predicted molar refractivity (Wildman–Crippen MR) is 102 cm³/mol. The van der Waals surface area contributed by atoms with Crippen molar-refractivity contribution >= 4 is 5.78 Å². The smallest absolute Gasteiger partial charge is 0.198 e. The molecule has 2 saturated heterocycles. The Kier molecular flexibility index (Phi) is 6.66. The first-order chi connectivity index (χ1) is 14.3. The molecule has 7 heteroatoms. The summed E-state index contributed by atoms with van der Waals surface area (Å²) in [6.45, 7) is 0.546. The van der Waals surface area contributed by atoms with Crippen LogP contribution in [0.1, 0.15) is 17.4 Å². The highest BCUT2D eigenvalue weighted by Gasteiger charge is 2.50. The SMILES string of the molecule is CO[C@H]1O[C@@H]2CO[C@H](c3ccccc3)O[C@@H]2C(=O)[C@@H]1OCOCc1ccccc1. The summed E-state index contributed by atoms with van der Waals surface area (Å²) in [6.07, 6.45) is -3.74. The van der Waals surface area contributed by atoms with Crippen molar-refractivity contribution in [2.75, 3.05) is 20.5 Å². The molecule has 0 radical (unpaired) electrons. The number of carbonyl (C=O) groups is 1. The monoisotopic (exact) mass is 400 g/mol. The molecule has 0 saturated carbocycles. The molecule has 29 heavy (non-hydrogen) atoms. The van der Waals surface area contributed by atoms with Gasteiger partial charge in [0.15, 0.2) is 30.6 Å². The normalized spacial score (nSPS) is 29.4. The standard InChI is InChI=1S/C22H24O7/c1-24-22-20(27-14-25-12-15-8-4-2-5-9-15)18(23)19-17(28-22)13-26-21(29-19)16-10-6-3-7-11-16/h2-11,17,19-22H,12-14H2,1H3/t17-,19+,20+,21+,22+/m1/s1. The third-order valence-corrected chi connectivity index (χ3v) is 4.88. The fourth-order valence-electron chi connectivity index (χ4n) is 3.41. The molecule has 0 unspecified atom stereocenters. The van der Waals surface area contributed by atoms with E-state index in [1.807, 2.05) is 60.7 Å². The number of ether oxygens (including phenoxy) is 6. The fraction of sp³-hybridized carbons (Fsp3) is 0.409. The van der Waals surface area contributed by atoms with Crippen molar-refractivity contribution in [2.24, 2.45) is 0 Å². The molecule has 2 aliphatic heterocycles. The van der Waals surface area contributed by atoms with Gasteiger partial charge < -0.3 is 28.4 Å². The minimum atomic E-state index is -0.938. The Hall–Kier alpha value is -2.13. The zero-order chi connectivity index (χ0) is 20.1. The van der Waals surface area contributed by atoms with Crippen molar-refractivity contribution in [3.63, 3.8) is 0 Å². The fourth-order valence-corrected chi connectivity index (χ4v) is 3.41. The molecule has 5 atom stereocenters. The van der Waals surface area contributed by atoms with Gasteiger partial charge in [-0.25, -0.2) is 0 Å². The Morgan fingerprint density at radius 1 is 1.00 bits per heavy atom. The maximum absolute atomic E-state index is 13.0. The van der Waals surface area contributed by atoms with E-state index in [4.69, 9.17) is 28.4 Å². The summed E-state index contributed by atoms with van der Waals surface area (Å²) in [5, 5.41) is 0. The van der Waals surface area contributed by atoms with Crippen LogP contribution in [0.4, 0.5) is 0 Å². The summed E-state index contributed by atoms with van der Waals surface area (Å²) in [7, 11) is 1.47.